The number of quaternary nitrogens is 4. The van der Waals surface area contributed by atoms with Gasteiger partial charge in [-0.05, 0) is 0 Å². The molecule has 0 spiro atoms. The van der Waals surface area contributed by atoms with E-state index in [-0.39, 0.29) is 0 Å². The molecule has 17 nitrogen and oxygen atoms in total. The third-order valence-corrected chi connectivity index (χ3v) is 0.869. The van der Waals surface area contributed by atoms with Crippen LogP contribution in [0.2, 0.25) is 0 Å². The lowest BCUT2D eigenvalue weighted by atomic mass is 11.4. The zero-order valence-corrected chi connectivity index (χ0v) is 9.16. The summed E-state index contributed by atoms with van der Waals surface area (Å²) in [5.74, 6) is 45.2. The van der Waals surface area contributed by atoms with Gasteiger partial charge in [0.05, 0.1) is 14.9 Å². The minimum absolute atomic E-state index is 1.19. The van der Waals surface area contributed by atoms with E-state index in [0.29, 0.717) is 0 Å². The summed E-state index contributed by atoms with van der Waals surface area (Å²) in [5.41, 5.74) is 0. The average molecular weight is 274 g/mol. The Hall–Kier alpha value is -1.15. The van der Waals surface area contributed by atoms with Crippen LogP contribution in [-0.2, 0) is 14.8 Å². The highest BCUT2D eigenvalue weighted by Crippen LogP contribution is 2.13. The number of hydrogen-bond acceptors (Lipinski definition) is 13. The van der Waals surface area contributed by atoms with E-state index >= 15 is 0 Å². The number of hydroxylamine groups is 3. The molecule has 0 aromatic rings. The summed E-state index contributed by atoms with van der Waals surface area (Å²) in [6.45, 7) is 0. The average Bonchev–Trinajstić information content (AvgIpc) is 1.93. The van der Waals surface area contributed by atoms with E-state index in [1.165, 1.54) is 6.19 Å². The van der Waals surface area contributed by atoms with E-state index in [0.717, 1.165) is 0 Å². The predicted molar refractivity (Wildman–Crippen MR) is 47.6 cm³/mol. The van der Waals surface area contributed by atoms with Gasteiger partial charge >= 0.3 is 11.2 Å². The second-order valence-electron chi connectivity index (χ2n) is 3.13. The molecule has 0 amide bonds. The Morgan fingerprint density at radius 1 is 0.611 bits per heavy atom. The van der Waals surface area contributed by atoms with Crippen molar-refractivity contribution >= 4 is 0 Å². The van der Waals surface area contributed by atoms with Gasteiger partial charge in [-0.2, -0.15) is 0 Å². The molecule has 0 aliphatic heterocycles. The van der Waals surface area contributed by atoms with E-state index in [1.54, 1.807) is 0 Å². The smallest absolute Gasteiger partial charge is 0.119 e. The van der Waals surface area contributed by atoms with Crippen molar-refractivity contribution in [2.45, 2.75) is 0 Å². The molecule has 0 aromatic carbocycles. The molecule has 0 unspecified atom stereocenters. The van der Waals surface area contributed by atoms with Gasteiger partial charge in [-0.3, -0.25) is 0 Å². The molecule has 0 bridgehead atoms. The molecular formula is CH18N14O3+4. The Labute approximate surface area is 99.9 Å². The highest BCUT2D eigenvalue weighted by Gasteiger charge is 2.61. The maximum absolute atomic E-state index is 8.88. The fourth-order valence-corrected chi connectivity index (χ4v) is 0.658. The zero-order chi connectivity index (χ0) is 14.8. The molecule has 0 saturated carbocycles. The molecule has 0 fully saturated rings. The van der Waals surface area contributed by atoms with Crippen molar-refractivity contribution in [1.29, 1.82) is 5.26 Å². The number of nitrogens with zero attached hydrogens (tertiary/aromatic N) is 5. The molecule has 18 N–H and O–H groups in total. The van der Waals surface area contributed by atoms with Crippen molar-refractivity contribution in [3.8, 4) is 6.19 Å². The first-order valence-corrected chi connectivity index (χ1v) is 3.87. The van der Waals surface area contributed by atoms with Gasteiger partial charge < -0.3 is 0 Å². The van der Waals surface area contributed by atoms with Crippen LogP contribution in [0.5, 0.6) is 0 Å². The number of nitriles is 1. The lowest BCUT2D eigenvalue weighted by Crippen LogP contribution is -2.80. The van der Waals surface area contributed by atoms with Crippen LogP contribution in [0.4, 0.5) is 0 Å². The summed E-state index contributed by atoms with van der Waals surface area (Å²) in [7, 11) is 0. The summed E-state index contributed by atoms with van der Waals surface area (Å²) in [6, 6.07) is 0. The summed E-state index contributed by atoms with van der Waals surface area (Å²) in [5, 5.41) is 8.88. The zero-order valence-electron chi connectivity index (χ0n) is 9.16. The molecule has 0 saturated heterocycles. The van der Waals surface area contributed by atoms with Gasteiger partial charge in [0.2, 0.25) is 0 Å². The Bertz CT molecular complexity index is 269. The minimum Gasteiger partial charge on any atom is -0.119 e. The summed E-state index contributed by atoms with van der Waals surface area (Å²) in [6.07, 6.45) is 1.19. The van der Waals surface area contributed by atoms with Crippen molar-refractivity contribution in [1.82, 2.24) is 0 Å². The maximum atomic E-state index is 8.88. The Kier molecular flexibility index (Phi) is 4.54. The minimum atomic E-state index is -2.16. The number of hydrogen-bond donors (Lipinski definition) is 9. The monoisotopic (exact) mass is 274 g/mol. The van der Waals surface area contributed by atoms with Crippen LogP contribution in [0.1, 0.15) is 0 Å². The Morgan fingerprint density at radius 2 is 0.833 bits per heavy atom. The quantitative estimate of drug-likeness (QED) is 0.0941. The molecule has 18 heavy (non-hydrogen) atoms. The van der Waals surface area contributed by atoms with E-state index in [9.17, 15) is 0 Å². The molecule has 106 valence electrons. The van der Waals surface area contributed by atoms with Crippen LogP contribution in [0.15, 0.2) is 0 Å². The first-order valence-electron chi connectivity index (χ1n) is 3.87. The van der Waals surface area contributed by atoms with Crippen LogP contribution < -0.4 is 52.6 Å². The first-order chi connectivity index (χ1) is 7.68. The van der Waals surface area contributed by atoms with Gasteiger partial charge in [0.1, 0.15) is 0 Å². The second kappa shape index (κ2) is 4.85. The SMILES string of the molecule is N#C[N+](O[N+](N)(N)N)(O[N+](N)(N)N)O[N+](N)(N)N. The Balaban J connectivity index is 5.29. The van der Waals surface area contributed by atoms with Crippen molar-refractivity contribution in [3.63, 3.8) is 0 Å². The van der Waals surface area contributed by atoms with Crippen LogP contribution in [0.3, 0.4) is 0 Å². The highest BCUT2D eigenvalue weighted by atomic mass is 17.4. The van der Waals surface area contributed by atoms with Crippen LogP contribution >= 0.6 is 0 Å². The lowest BCUT2D eigenvalue weighted by Gasteiger charge is -2.24. The van der Waals surface area contributed by atoms with Gasteiger partial charge in [0.25, 0.3) is 0 Å². The van der Waals surface area contributed by atoms with Crippen molar-refractivity contribution in [2.24, 2.45) is 52.6 Å². The molecule has 17 heteroatoms. The molecular weight excluding hydrogens is 256 g/mol. The van der Waals surface area contributed by atoms with Crippen molar-refractivity contribution in [2.75, 3.05) is 0 Å². The Morgan fingerprint density at radius 3 is 0.944 bits per heavy atom. The van der Waals surface area contributed by atoms with Crippen LogP contribution in [0.25, 0.3) is 0 Å². The molecule has 0 aliphatic carbocycles. The maximum Gasteiger partial charge on any atom is 0.441 e. The largest absolute Gasteiger partial charge is 0.441 e. The highest BCUT2D eigenvalue weighted by molar-refractivity contribution is 4.35. The van der Waals surface area contributed by atoms with Gasteiger partial charge in [-0.1, -0.05) is 0 Å². The molecule has 0 atom stereocenters. The second-order valence-corrected chi connectivity index (χ2v) is 3.13. The number of nitrogens with two attached hydrogens (primary N) is 9. The summed E-state index contributed by atoms with van der Waals surface area (Å²) >= 11 is 0. The standard InChI is InChI=1S/CH18N14O3/c2-1-12(16-13(3,4)5,17-14(6,7)8)18-15(9,10)11/h3-11H2/q+4. The summed E-state index contributed by atoms with van der Waals surface area (Å²) in [4.78, 5) is 5.75. The number of rotatable bonds is 6. The third-order valence-electron chi connectivity index (χ3n) is 0.869. The van der Waals surface area contributed by atoms with Gasteiger partial charge in [0.15, 0.2) is 14.8 Å². The van der Waals surface area contributed by atoms with Gasteiger partial charge in [-0.15, -0.1) is 57.8 Å². The van der Waals surface area contributed by atoms with Gasteiger partial charge in [-0.25, -0.2) is 0 Å². The van der Waals surface area contributed by atoms with Crippen molar-refractivity contribution in [3.05, 3.63) is 0 Å². The lowest BCUT2D eigenvalue weighted by molar-refractivity contribution is -1.61. The van der Waals surface area contributed by atoms with Gasteiger partial charge in [0, 0.05) is 0 Å². The first kappa shape index (κ1) is 16.8. The topological polar surface area (TPSA) is 286 Å². The summed E-state index contributed by atoms with van der Waals surface area (Å²) < 4.78 is 0. The van der Waals surface area contributed by atoms with E-state index in [2.05, 4.69) is 14.8 Å². The normalized spacial score (nSPS) is 14.4. The molecule has 0 heterocycles. The fraction of sp³-hybridized carbons (Fsp3) is 0. The van der Waals surface area contributed by atoms with E-state index < -0.39 is 19.9 Å². The molecule has 0 aliphatic rings. The van der Waals surface area contributed by atoms with Crippen LogP contribution in [0, 0.1) is 11.5 Å². The fourth-order valence-electron chi connectivity index (χ4n) is 0.658. The molecule has 0 aromatic heterocycles. The third kappa shape index (κ3) is 7.23. The van der Waals surface area contributed by atoms with E-state index in [4.69, 9.17) is 57.8 Å². The van der Waals surface area contributed by atoms with E-state index in [1.807, 2.05) is 0 Å². The van der Waals surface area contributed by atoms with Crippen molar-refractivity contribution < 1.29 is 34.7 Å². The predicted octanol–water partition coefficient (Wildman–Crippen LogP) is -6.86. The van der Waals surface area contributed by atoms with Crippen LogP contribution in [-0.4, -0.2) is 19.9 Å². The molecule has 0 rings (SSSR count). The molecule has 0 radical (unpaired) electrons.